The van der Waals surface area contributed by atoms with E-state index in [1.165, 1.54) is 26.2 Å². The molecule has 0 saturated carbocycles. The first kappa shape index (κ1) is 22.2. The van der Waals surface area contributed by atoms with Gasteiger partial charge in [0.25, 0.3) is 11.8 Å². The minimum absolute atomic E-state index is 0.236. The molecular formula is C24H28N2O5. The van der Waals surface area contributed by atoms with Crippen LogP contribution < -0.4 is 19.5 Å². The maximum atomic E-state index is 13.2. The van der Waals surface area contributed by atoms with Gasteiger partial charge in [0.05, 0.1) is 26.9 Å². The Hall–Kier alpha value is -3.48. The van der Waals surface area contributed by atoms with Crippen molar-refractivity contribution in [1.29, 1.82) is 0 Å². The summed E-state index contributed by atoms with van der Waals surface area (Å²) in [5.74, 6) is 0.685. The number of nitrogens with zero attached hydrogens (tertiary/aromatic N) is 1. The zero-order valence-electron chi connectivity index (χ0n) is 18.8. The molecule has 1 aliphatic heterocycles. The van der Waals surface area contributed by atoms with Gasteiger partial charge in [-0.15, -0.1) is 0 Å². The molecule has 0 radical (unpaired) electrons. The van der Waals surface area contributed by atoms with Crippen LogP contribution in [0.2, 0.25) is 0 Å². The molecule has 0 aliphatic carbocycles. The Morgan fingerprint density at radius 2 is 1.55 bits per heavy atom. The van der Waals surface area contributed by atoms with Crippen LogP contribution in [-0.2, 0) is 9.59 Å². The fraction of sp³-hybridized carbons (Fsp3) is 0.333. The van der Waals surface area contributed by atoms with Gasteiger partial charge in [-0.25, -0.2) is 0 Å². The van der Waals surface area contributed by atoms with E-state index < -0.39 is 0 Å². The fourth-order valence-corrected chi connectivity index (χ4v) is 3.76. The average molecular weight is 424 g/mol. The maximum Gasteiger partial charge on any atom is 0.278 e. The maximum absolute atomic E-state index is 13.2. The van der Waals surface area contributed by atoms with Crippen molar-refractivity contribution >= 4 is 23.1 Å². The molecule has 0 unspecified atom stereocenters. The molecule has 0 spiro atoms. The van der Waals surface area contributed by atoms with Crippen molar-refractivity contribution in [2.75, 3.05) is 33.2 Å². The van der Waals surface area contributed by atoms with Gasteiger partial charge in [-0.3, -0.25) is 14.5 Å². The lowest BCUT2D eigenvalue weighted by Crippen LogP contribution is -2.33. The second-order valence-electron chi connectivity index (χ2n) is 7.37. The smallest absolute Gasteiger partial charge is 0.278 e. The first-order valence-corrected chi connectivity index (χ1v) is 10.1. The molecule has 3 rings (SSSR count). The van der Waals surface area contributed by atoms with Crippen LogP contribution in [0.15, 0.2) is 36.0 Å². The topological polar surface area (TPSA) is 77.1 Å². The van der Waals surface area contributed by atoms with Gasteiger partial charge in [0.15, 0.2) is 11.5 Å². The number of amides is 2. The minimum Gasteiger partial charge on any atom is -0.493 e. The summed E-state index contributed by atoms with van der Waals surface area (Å²) in [6.45, 7) is 6.21. The van der Waals surface area contributed by atoms with Crippen LogP contribution in [0, 0.1) is 13.8 Å². The van der Waals surface area contributed by atoms with Crippen LogP contribution in [0.4, 0.5) is 5.69 Å². The number of aryl methyl sites for hydroxylation is 2. The highest BCUT2D eigenvalue weighted by atomic mass is 16.5. The Kier molecular flexibility index (Phi) is 6.53. The highest BCUT2D eigenvalue weighted by Crippen LogP contribution is 2.41. The van der Waals surface area contributed by atoms with Crippen molar-refractivity contribution in [1.82, 2.24) is 4.90 Å². The molecule has 1 N–H and O–H groups in total. The predicted molar refractivity (Wildman–Crippen MR) is 120 cm³/mol. The number of carbonyl (C=O) groups is 2. The molecule has 7 heteroatoms. The molecule has 1 heterocycles. The molecule has 1 aliphatic rings. The summed E-state index contributed by atoms with van der Waals surface area (Å²) in [4.78, 5) is 27.7. The van der Waals surface area contributed by atoms with Gasteiger partial charge in [0, 0.05) is 24.4 Å². The number of hydrogen-bond donors (Lipinski definition) is 1. The SMILES string of the molecule is CCCN1C(=O)C(Nc2cc(OC)c(OC)c(OC)c2)=C(c2ccc(C)cc2C)C1=O. The number of hydrogen-bond acceptors (Lipinski definition) is 6. The van der Waals surface area contributed by atoms with E-state index in [1.807, 2.05) is 39.0 Å². The average Bonchev–Trinajstić information content (AvgIpc) is 2.97. The first-order chi connectivity index (χ1) is 14.9. The lowest BCUT2D eigenvalue weighted by molar-refractivity contribution is -0.136. The molecule has 0 fully saturated rings. The molecule has 2 aromatic carbocycles. The Bertz CT molecular complexity index is 1030. The van der Waals surface area contributed by atoms with E-state index in [0.717, 1.165) is 16.7 Å². The number of carbonyl (C=O) groups excluding carboxylic acids is 2. The Morgan fingerprint density at radius 1 is 0.903 bits per heavy atom. The fourth-order valence-electron chi connectivity index (χ4n) is 3.76. The quantitative estimate of drug-likeness (QED) is 0.647. The van der Waals surface area contributed by atoms with E-state index in [4.69, 9.17) is 14.2 Å². The van der Waals surface area contributed by atoms with E-state index in [-0.39, 0.29) is 17.5 Å². The van der Waals surface area contributed by atoms with Crippen molar-refractivity contribution in [3.63, 3.8) is 0 Å². The highest BCUT2D eigenvalue weighted by Gasteiger charge is 2.39. The van der Waals surface area contributed by atoms with Crippen LogP contribution in [0.1, 0.15) is 30.0 Å². The van der Waals surface area contributed by atoms with E-state index in [2.05, 4.69) is 5.32 Å². The normalized spacial score (nSPS) is 13.7. The summed E-state index contributed by atoms with van der Waals surface area (Å²) < 4.78 is 16.2. The third kappa shape index (κ3) is 4.08. The number of nitrogens with one attached hydrogen (secondary N) is 1. The van der Waals surface area contributed by atoms with Crippen molar-refractivity contribution in [3.8, 4) is 17.2 Å². The molecule has 0 saturated heterocycles. The Labute approximate surface area is 182 Å². The second kappa shape index (κ2) is 9.12. The summed E-state index contributed by atoms with van der Waals surface area (Å²) >= 11 is 0. The third-order valence-electron chi connectivity index (χ3n) is 5.20. The summed E-state index contributed by atoms with van der Waals surface area (Å²) in [6.07, 6.45) is 0.676. The van der Waals surface area contributed by atoms with Crippen molar-refractivity contribution in [2.45, 2.75) is 27.2 Å². The van der Waals surface area contributed by atoms with Crippen molar-refractivity contribution in [2.24, 2.45) is 0 Å². The molecule has 2 aromatic rings. The molecule has 164 valence electrons. The number of ether oxygens (including phenoxy) is 3. The molecule has 31 heavy (non-hydrogen) atoms. The lowest BCUT2D eigenvalue weighted by atomic mass is 9.97. The van der Waals surface area contributed by atoms with Gasteiger partial charge < -0.3 is 19.5 Å². The summed E-state index contributed by atoms with van der Waals surface area (Å²) in [5, 5.41) is 3.15. The zero-order chi connectivity index (χ0) is 22.7. The summed E-state index contributed by atoms with van der Waals surface area (Å²) in [5.41, 5.74) is 3.90. The van der Waals surface area contributed by atoms with Crippen LogP contribution in [0.5, 0.6) is 17.2 Å². The van der Waals surface area contributed by atoms with Crippen molar-refractivity contribution < 1.29 is 23.8 Å². The largest absolute Gasteiger partial charge is 0.493 e. The van der Waals surface area contributed by atoms with E-state index in [9.17, 15) is 9.59 Å². The highest BCUT2D eigenvalue weighted by molar-refractivity contribution is 6.36. The van der Waals surface area contributed by atoms with E-state index in [1.54, 1.807) is 12.1 Å². The van der Waals surface area contributed by atoms with Crippen LogP contribution in [0.25, 0.3) is 5.57 Å². The molecule has 7 nitrogen and oxygen atoms in total. The summed E-state index contributed by atoms with van der Waals surface area (Å²) in [7, 11) is 4.57. The van der Waals surface area contributed by atoms with Gasteiger partial charge in [-0.05, 0) is 31.4 Å². The van der Waals surface area contributed by atoms with Crippen LogP contribution in [-0.4, -0.2) is 44.6 Å². The Balaban J connectivity index is 2.15. The predicted octanol–water partition coefficient (Wildman–Crippen LogP) is 3.93. The van der Waals surface area contributed by atoms with E-state index in [0.29, 0.717) is 41.5 Å². The number of benzene rings is 2. The molecule has 0 atom stereocenters. The van der Waals surface area contributed by atoms with Gasteiger partial charge in [-0.1, -0.05) is 30.7 Å². The van der Waals surface area contributed by atoms with Crippen LogP contribution in [0.3, 0.4) is 0 Å². The minimum atomic E-state index is -0.351. The van der Waals surface area contributed by atoms with Crippen LogP contribution >= 0.6 is 0 Å². The Morgan fingerprint density at radius 3 is 2.06 bits per heavy atom. The molecule has 0 bridgehead atoms. The zero-order valence-corrected chi connectivity index (χ0v) is 18.8. The molecular weight excluding hydrogens is 396 g/mol. The monoisotopic (exact) mass is 424 g/mol. The first-order valence-electron chi connectivity index (χ1n) is 10.1. The van der Waals surface area contributed by atoms with Gasteiger partial charge in [-0.2, -0.15) is 0 Å². The van der Waals surface area contributed by atoms with Gasteiger partial charge >= 0.3 is 0 Å². The molecule has 0 aromatic heterocycles. The second-order valence-corrected chi connectivity index (χ2v) is 7.37. The summed E-state index contributed by atoms with van der Waals surface area (Å²) in [6, 6.07) is 9.23. The lowest BCUT2D eigenvalue weighted by Gasteiger charge is -2.16. The third-order valence-corrected chi connectivity index (χ3v) is 5.20. The standard InChI is InChI=1S/C24H28N2O5/c1-7-10-26-23(27)20(17-9-8-14(2)11-15(17)3)21(24(26)28)25-16-12-18(29-4)22(31-6)19(13-16)30-5/h8-9,11-13,25H,7,10H2,1-6H3. The number of rotatable bonds is 8. The van der Waals surface area contributed by atoms with Crippen molar-refractivity contribution in [3.05, 3.63) is 52.7 Å². The van der Waals surface area contributed by atoms with E-state index >= 15 is 0 Å². The molecule has 2 amide bonds. The number of methoxy groups -OCH3 is 3. The van der Waals surface area contributed by atoms with Gasteiger partial charge in [0.2, 0.25) is 5.75 Å². The number of imide groups is 1. The van der Waals surface area contributed by atoms with Gasteiger partial charge in [0.1, 0.15) is 5.70 Å². The number of anilines is 1.